The van der Waals surface area contributed by atoms with Crippen LogP contribution in [0.25, 0.3) is 10.9 Å². The van der Waals surface area contributed by atoms with E-state index in [1.54, 1.807) is 37.4 Å². The summed E-state index contributed by atoms with van der Waals surface area (Å²) in [5, 5.41) is 16.8. The van der Waals surface area contributed by atoms with Gasteiger partial charge in [-0.1, -0.05) is 12.1 Å². The Morgan fingerprint density at radius 3 is 2.56 bits per heavy atom. The number of nitrogens with one attached hydrogen (secondary N) is 2. The highest BCUT2D eigenvalue weighted by Crippen LogP contribution is 2.26. The molecule has 0 unspecified atom stereocenters. The van der Waals surface area contributed by atoms with E-state index in [2.05, 4.69) is 25.5 Å². The van der Waals surface area contributed by atoms with Crippen LogP contribution < -0.4 is 15.4 Å². The van der Waals surface area contributed by atoms with E-state index in [0.717, 1.165) is 24.2 Å². The van der Waals surface area contributed by atoms with Gasteiger partial charge in [0.1, 0.15) is 17.9 Å². The third-order valence-corrected chi connectivity index (χ3v) is 6.54. The highest BCUT2D eigenvalue weighted by atomic mass is 16.5. The number of anilines is 2. The molecule has 1 aliphatic heterocycles. The Bertz CT molecular complexity index is 1490. The SMILES string of the molecule is COc1ccc(C(=O)Nc2cccc(CNc3ncnc4c(C(=O)O)cc(CN5CCOCC5)cc34)c2)cc1. The molecule has 3 aromatic carbocycles. The number of hydrogen-bond acceptors (Lipinski definition) is 8. The summed E-state index contributed by atoms with van der Waals surface area (Å²) >= 11 is 0. The first-order chi connectivity index (χ1) is 19.0. The van der Waals surface area contributed by atoms with E-state index in [1.807, 2.05) is 30.3 Å². The van der Waals surface area contributed by atoms with Gasteiger partial charge in [-0.3, -0.25) is 9.69 Å². The zero-order valence-corrected chi connectivity index (χ0v) is 21.5. The van der Waals surface area contributed by atoms with Crippen molar-refractivity contribution in [3.8, 4) is 5.75 Å². The molecular weight excluding hydrogens is 498 g/mol. The van der Waals surface area contributed by atoms with Crippen molar-refractivity contribution in [2.45, 2.75) is 13.1 Å². The van der Waals surface area contributed by atoms with E-state index in [-0.39, 0.29) is 11.5 Å². The van der Waals surface area contributed by atoms with Crippen LogP contribution in [0.2, 0.25) is 0 Å². The first-order valence-electron chi connectivity index (χ1n) is 12.6. The maximum absolute atomic E-state index is 12.7. The van der Waals surface area contributed by atoms with E-state index in [9.17, 15) is 14.7 Å². The lowest BCUT2D eigenvalue weighted by molar-refractivity contribution is 0.0341. The van der Waals surface area contributed by atoms with Crippen LogP contribution in [0.3, 0.4) is 0 Å². The Labute approximate surface area is 225 Å². The topological polar surface area (TPSA) is 126 Å². The molecule has 0 radical (unpaired) electrons. The predicted molar refractivity (Wildman–Crippen MR) is 147 cm³/mol. The van der Waals surface area contributed by atoms with Crippen LogP contribution in [0.4, 0.5) is 11.5 Å². The average Bonchev–Trinajstić information content (AvgIpc) is 2.96. The molecule has 0 atom stereocenters. The third-order valence-electron chi connectivity index (χ3n) is 6.54. The van der Waals surface area contributed by atoms with E-state index < -0.39 is 5.97 Å². The van der Waals surface area contributed by atoms with Crippen molar-refractivity contribution < 1.29 is 24.2 Å². The van der Waals surface area contributed by atoms with Crippen LogP contribution in [-0.4, -0.2) is 65.3 Å². The van der Waals surface area contributed by atoms with Gasteiger partial charge in [0.25, 0.3) is 5.91 Å². The fraction of sp³-hybridized carbons (Fsp3) is 0.241. The second-order valence-corrected chi connectivity index (χ2v) is 9.19. The lowest BCUT2D eigenvalue weighted by Gasteiger charge is -2.26. The van der Waals surface area contributed by atoms with Gasteiger partial charge < -0.3 is 25.2 Å². The molecule has 1 fully saturated rings. The zero-order valence-electron chi connectivity index (χ0n) is 21.5. The lowest BCUT2D eigenvalue weighted by atomic mass is 10.0. The zero-order chi connectivity index (χ0) is 27.2. The molecule has 1 aliphatic rings. The number of carbonyl (C=O) groups excluding carboxylic acids is 1. The number of aromatic carboxylic acids is 1. The summed E-state index contributed by atoms with van der Waals surface area (Å²) in [6.45, 7) is 3.94. The number of fused-ring (bicyclic) bond motifs is 1. The quantitative estimate of drug-likeness (QED) is 0.296. The van der Waals surface area contributed by atoms with Crippen LogP contribution in [-0.2, 0) is 17.8 Å². The molecule has 2 heterocycles. The second-order valence-electron chi connectivity index (χ2n) is 9.19. The smallest absolute Gasteiger partial charge is 0.337 e. The summed E-state index contributed by atoms with van der Waals surface area (Å²) in [7, 11) is 1.58. The van der Waals surface area contributed by atoms with Crippen molar-refractivity contribution in [3.63, 3.8) is 0 Å². The highest BCUT2D eigenvalue weighted by Gasteiger charge is 2.18. The maximum atomic E-state index is 12.7. The average molecular weight is 528 g/mol. The molecule has 0 aliphatic carbocycles. The number of nitrogens with zero attached hydrogens (tertiary/aromatic N) is 3. The number of rotatable bonds is 9. The summed E-state index contributed by atoms with van der Waals surface area (Å²) in [5.74, 6) is -0.0353. The second kappa shape index (κ2) is 11.9. The molecule has 0 saturated carbocycles. The molecule has 200 valence electrons. The molecule has 1 amide bonds. The Balaban J connectivity index is 1.33. The lowest BCUT2D eigenvalue weighted by Crippen LogP contribution is -2.35. The van der Waals surface area contributed by atoms with E-state index in [0.29, 0.717) is 60.0 Å². The molecule has 0 bridgehead atoms. The molecule has 1 aromatic heterocycles. The van der Waals surface area contributed by atoms with Gasteiger partial charge in [-0.2, -0.15) is 0 Å². The van der Waals surface area contributed by atoms with Gasteiger partial charge in [0.15, 0.2) is 0 Å². The van der Waals surface area contributed by atoms with Crippen LogP contribution in [0.5, 0.6) is 5.75 Å². The van der Waals surface area contributed by atoms with Crippen molar-refractivity contribution in [1.82, 2.24) is 14.9 Å². The number of carboxylic acids is 1. The summed E-state index contributed by atoms with van der Waals surface area (Å²) in [6.07, 6.45) is 1.37. The standard InChI is InChI=1S/C29H29N5O5/c1-38-23-7-5-21(6-8-23)28(35)33-22-4-2-3-19(13-22)16-30-27-24-14-20(17-34-9-11-39-12-10-34)15-25(29(36)37)26(24)31-18-32-27/h2-8,13-15,18H,9-12,16-17H2,1H3,(H,33,35)(H,36,37)(H,30,31,32). The molecular formula is C29H29N5O5. The molecule has 39 heavy (non-hydrogen) atoms. The molecule has 3 N–H and O–H groups in total. The Morgan fingerprint density at radius 2 is 1.82 bits per heavy atom. The number of hydrogen-bond donors (Lipinski definition) is 3. The highest BCUT2D eigenvalue weighted by molar-refractivity contribution is 6.05. The monoisotopic (exact) mass is 527 g/mol. The number of carbonyl (C=O) groups is 2. The predicted octanol–water partition coefficient (Wildman–Crippen LogP) is 4.03. The Morgan fingerprint density at radius 1 is 1.03 bits per heavy atom. The van der Waals surface area contributed by atoms with Crippen LogP contribution in [0.15, 0.2) is 67.0 Å². The van der Waals surface area contributed by atoms with Gasteiger partial charge in [-0.25, -0.2) is 14.8 Å². The molecule has 0 spiro atoms. The van der Waals surface area contributed by atoms with Gasteiger partial charge in [0.2, 0.25) is 0 Å². The Hall–Kier alpha value is -4.54. The largest absolute Gasteiger partial charge is 0.497 e. The number of carboxylic acid groups (broad SMARTS) is 1. The van der Waals surface area contributed by atoms with E-state index in [4.69, 9.17) is 9.47 Å². The van der Waals surface area contributed by atoms with Gasteiger partial charge >= 0.3 is 5.97 Å². The number of morpholine rings is 1. The van der Waals surface area contributed by atoms with Crippen LogP contribution in [0.1, 0.15) is 31.8 Å². The number of amides is 1. The molecule has 10 nitrogen and oxygen atoms in total. The van der Waals surface area contributed by atoms with Crippen molar-refractivity contribution in [3.05, 3.63) is 89.2 Å². The van der Waals surface area contributed by atoms with Gasteiger partial charge in [0, 0.05) is 42.8 Å². The van der Waals surface area contributed by atoms with Gasteiger partial charge in [-0.05, 0) is 59.7 Å². The Kier molecular flexibility index (Phi) is 7.95. The maximum Gasteiger partial charge on any atom is 0.337 e. The molecule has 1 saturated heterocycles. The van der Waals surface area contributed by atoms with Gasteiger partial charge in [0.05, 0.1) is 31.4 Å². The fourth-order valence-corrected chi connectivity index (χ4v) is 4.53. The third kappa shape index (κ3) is 6.31. The first-order valence-corrected chi connectivity index (χ1v) is 12.6. The van der Waals surface area contributed by atoms with Crippen molar-refractivity contribution in [2.24, 2.45) is 0 Å². The summed E-state index contributed by atoms with van der Waals surface area (Å²) in [6, 6.07) is 18.0. The van der Waals surface area contributed by atoms with E-state index in [1.165, 1.54) is 6.33 Å². The first kappa shape index (κ1) is 26.1. The summed E-state index contributed by atoms with van der Waals surface area (Å²) in [4.78, 5) is 35.6. The summed E-state index contributed by atoms with van der Waals surface area (Å²) < 4.78 is 10.6. The molecule has 5 rings (SSSR count). The molecule has 10 heteroatoms. The van der Waals surface area contributed by atoms with Crippen molar-refractivity contribution in [2.75, 3.05) is 44.0 Å². The van der Waals surface area contributed by atoms with E-state index >= 15 is 0 Å². The van der Waals surface area contributed by atoms with Gasteiger partial charge in [-0.15, -0.1) is 0 Å². The number of methoxy groups -OCH3 is 1. The minimum absolute atomic E-state index is 0.143. The number of benzene rings is 3. The van der Waals surface area contributed by atoms with Crippen molar-refractivity contribution in [1.29, 1.82) is 0 Å². The normalized spacial score (nSPS) is 13.7. The van der Waals surface area contributed by atoms with Crippen LogP contribution >= 0.6 is 0 Å². The molecule has 4 aromatic rings. The number of ether oxygens (including phenoxy) is 2. The van der Waals surface area contributed by atoms with Crippen LogP contribution in [0, 0.1) is 0 Å². The summed E-state index contributed by atoms with van der Waals surface area (Å²) in [5.41, 5.74) is 3.49. The number of aromatic nitrogens is 2. The minimum Gasteiger partial charge on any atom is -0.497 e. The fourth-order valence-electron chi connectivity index (χ4n) is 4.53. The minimum atomic E-state index is -1.03. The van der Waals surface area contributed by atoms with Crippen molar-refractivity contribution >= 4 is 34.3 Å².